The van der Waals surface area contributed by atoms with Crippen molar-refractivity contribution in [1.29, 1.82) is 0 Å². The van der Waals surface area contributed by atoms with Gasteiger partial charge in [-0.1, -0.05) is 36.4 Å². The molecule has 0 bridgehead atoms. The van der Waals surface area contributed by atoms with Gasteiger partial charge in [-0.3, -0.25) is 9.48 Å². The first kappa shape index (κ1) is 24.1. The molecule has 0 saturated heterocycles. The Hall–Kier alpha value is -4.57. The Kier molecular flexibility index (Phi) is 6.91. The molecule has 3 aromatic heterocycles. The number of nitrogen functional groups attached to an aromatic ring is 1. The average Bonchev–Trinajstić information content (AvgIpc) is 3.56. The highest BCUT2D eigenvalue weighted by Crippen LogP contribution is 2.24. The standard InChI is InChI=1S/C27H28N8O2/c1-18-21(8-9-23-22(18)10-12-29-25(23)28)14-30-27(36)26-32-24(17-37-2)35(33-26)16-20-6-4-19(5-7-20)15-34-13-3-11-31-34/h3-13H,14-17H2,1-2H3,(H2,28,29)(H,30,36). The van der Waals surface area contributed by atoms with Crippen LogP contribution in [-0.4, -0.2) is 42.5 Å². The van der Waals surface area contributed by atoms with Crippen LogP contribution >= 0.6 is 0 Å². The molecule has 37 heavy (non-hydrogen) atoms. The van der Waals surface area contributed by atoms with Crippen molar-refractivity contribution in [2.45, 2.75) is 33.2 Å². The van der Waals surface area contributed by atoms with E-state index in [0.29, 0.717) is 31.3 Å². The summed E-state index contributed by atoms with van der Waals surface area (Å²) >= 11 is 0. The average molecular weight is 497 g/mol. The molecule has 188 valence electrons. The summed E-state index contributed by atoms with van der Waals surface area (Å²) in [5.74, 6) is 0.830. The molecule has 3 N–H and O–H groups in total. The molecular formula is C27H28N8O2. The Bertz CT molecular complexity index is 1520. The van der Waals surface area contributed by atoms with Crippen molar-refractivity contribution in [3.05, 3.63) is 101 Å². The Morgan fingerprint density at radius 1 is 1.03 bits per heavy atom. The van der Waals surface area contributed by atoms with Gasteiger partial charge in [0.2, 0.25) is 5.82 Å². The zero-order valence-corrected chi connectivity index (χ0v) is 20.8. The summed E-state index contributed by atoms with van der Waals surface area (Å²) in [6.07, 6.45) is 5.39. The Morgan fingerprint density at radius 2 is 1.81 bits per heavy atom. The molecule has 10 nitrogen and oxygen atoms in total. The molecule has 0 fully saturated rings. The lowest BCUT2D eigenvalue weighted by molar-refractivity contribution is 0.0940. The number of aryl methyl sites for hydroxylation is 1. The second-order valence-corrected chi connectivity index (χ2v) is 8.79. The van der Waals surface area contributed by atoms with Crippen LogP contribution in [0.25, 0.3) is 10.8 Å². The fourth-order valence-electron chi connectivity index (χ4n) is 4.26. The van der Waals surface area contributed by atoms with Crippen molar-refractivity contribution in [2.24, 2.45) is 0 Å². The van der Waals surface area contributed by atoms with Gasteiger partial charge in [-0.25, -0.2) is 14.6 Å². The van der Waals surface area contributed by atoms with Crippen molar-refractivity contribution in [3.63, 3.8) is 0 Å². The first-order chi connectivity index (χ1) is 18.0. The molecule has 0 atom stereocenters. The summed E-state index contributed by atoms with van der Waals surface area (Å²) in [7, 11) is 1.59. The van der Waals surface area contributed by atoms with E-state index in [1.807, 2.05) is 54.2 Å². The number of carbonyl (C=O) groups is 1. The van der Waals surface area contributed by atoms with Crippen LogP contribution in [0.1, 0.15) is 38.7 Å². The maximum absolute atomic E-state index is 12.9. The van der Waals surface area contributed by atoms with E-state index in [9.17, 15) is 4.79 Å². The first-order valence-electron chi connectivity index (χ1n) is 11.9. The van der Waals surface area contributed by atoms with Gasteiger partial charge in [-0.05, 0) is 46.7 Å². The molecular weight excluding hydrogens is 468 g/mol. The van der Waals surface area contributed by atoms with Crippen molar-refractivity contribution in [1.82, 2.24) is 34.8 Å². The summed E-state index contributed by atoms with van der Waals surface area (Å²) in [4.78, 5) is 21.5. The maximum atomic E-state index is 12.9. The van der Waals surface area contributed by atoms with Crippen LogP contribution < -0.4 is 11.1 Å². The Balaban J connectivity index is 1.28. The Labute approximate surface area is 214 Å². The third-order valence-electron chi connectivity index (χ3n) is 6.28. The predicted octanol–water partition coefficient (Wildman–Crippen LogP) is 3.09. The third kappa shape index (κ3) is 5.34. The van der Waals surface area contributed by atoms with Gasteiger partial charge < -0.3 is 15.8 Å². The van der Waals surface area contributed by atoms with Crippen molar-refractivity contribution in [3.8, 4) is 0 Å². The van der Waals surface area contributed by atoms with E-state index in [0.717, 1.165) is 33.0 Å². The largest absolute Gasteiger partial charge is 0.383 e. The summed E-state index contributed by atoms with van der Waals surface area (Å²) in [5, 5.41) is 13.6. The number of nitrogens with two attached hydrogens (primary N) is 1. The smallest absolute Gasteiger partial charge is 0.291 e. The first-order valence-corrected chi connectivity index (χ1v) is 11.9. The van der Waals surface area contributed by atoms with Crippen LogP contribution in [-0.2, 0) is 31.0 Å². The molecule has 5 rings (SSSR count). The van der Waals surface area contributed by atoms with E-state index in [1.165, 1.54) is 0 Å². The number of nitrogens with zero attached hydrogens (tertiary/aromatic N) is 6. The normalized spacial score (nSPS) is 11.2. The number of amides is 1. The van der Waals surface area contributed by atoms with E-state index >= 15 is 0 Å². The van der Waals surface area contributed by atoms with Crippen LogP contribution in [0.4, 0.5) is 5.82 Å². The second kappa shape index (κ2) is 10.6. The SMILES string of the molecule is COCc1nc(C(=O)NCc2ccc3c(N)nccc3c2C)nn1Cc1ccc(Cn2cccn2)cc1. The van der Waals surface area contributed by atoms with Crippen molar-refractivity contribution in [2.75, 3.05) is 12.8 Å². The van der Waals surface area contributed by atoms with Gasteiger partial charge in [0.1, 0.15) is 12.4 Å². The number of hydrogen-bond donors (Lipinski definition) is 2. The number of ether oxygens (including phenoxy) is 1. The van der Waals surface area contributed by atoms with E-state index in [2.05, 4.69) is 37.6 Å². The van der Waals surface area contributed by atoms with E-state index in [4.69, 9.17) is 10.5 Å². The quantitative estimate of drug-likeness (QED) is 0.321. The van der Waals surface area contributed by atoms with Crippen molar-refractivity contribution >= 4 is 22.5 Å². The van der Waals surface area contributed by atoms with Gasteiger partial charge in [-0.2, -0.15) is 5.10 Å². The summed E-state index contributed by atoms with van der Waals surface area (Å²) < 4.78 is 8.87. The molecule has 0 spiro atoms. The Morgan fingerprint density at radius 3 is 2.54 bits per heavy atom. The van der Waals surface area contributed by atoms with Gasteiger partial charge in [0.15, 0.2) is 5.82 Å². The summed E-state index contributed by atoms with van der Waals surface area (Å²) in [6, 6.07) is 15.9. The molecule has 0 aliphatic carbocycles. The lowest BCUT2D eigenvalue weighted by Gasteiger charge is -2.11. The third-order valence-corrected chi connectivity index (χ3v) is 6.28. The van der Waals surface area contributed by atoms with Gasteiger partial charge >= 0.3 is 0 Å². The molecule has 0 saturated carbocycles. The van der Waals surface area contributed by atoms with E-state index in [1.54, 1.807) is 24.2 Å². The van der Waals surface area contributed by atoms with Gasteiger partial charge in [0.05, 0.1) is 13.1 Å². The van der Waals surface area contributed by atoms with Crippen LogP contribution in [0.15, 0.2) is 67.1 Å². The molecule has 5 aromatic rings. The highest BCUT2D eigenvalue weighted by Gasteiger charge is 2.17. The second-order valence-electron chi connectivity index (χ2n) is 8.79. The highest BCUT2D eigenvalue weighted by molar-refractivity contribution is 5.94. The molecule has 0 unspecified atom stereocenters. The van der Waals surface area contributed by atoms with Gasteiger partial charge in [0.25, 0.3) is 5.91 Å². The summed E-state index contributed by atoms with van der Waals surface area (Å²) in [6.45, 7) is 3.77. The number of pyridine rings is 1. The van der Waals surface area contributed by atoms with Crippen LogP contribution in [0, 0.1) is 6.92 Å². The number of carbonyl (C=O) groups excluding carboxylic acids is 1. The van der Waals surface area contributed by atoms with Crippen LogP contribution in [0.2, 0.25) is 0 Å². The maximum Gasteiger partial charge on any atom is 0.291 e. The molecule has 2 aromatic carbocycles. The fraction of sp³-hybridized carbons (Fsp3) is 0.222. The number of rotatable bonds is 9. The topological polar surface area (TPSA) is 126 Å². The van der Waals surface area contributed by atoms with Gasteiger partial charge in [-0.15, -0.1) is 5.10 Å². The molecule has 0 radical (unpaired) electrons. The number of methoxy groups -OCH3 is 1. The molecule has 10 heteroatoms. The van der Waals surface area contributed by atoms with Crippen LogP contribution in [0.3, 0.4) is 0 Å². The number of hydrogen-bond acceptors (Lipinski definition) is 7. The minimum Gasteiger partial charge on any atom is -0.383 e. The number of aromatic nitrogens is 6. The molecule has 1 amide bonds. The highest BCUT2D eigenvalue weighted by atomic mass is 16.5. The predicted molar refractivity (Wildman–Crippen MR) is 140 cm³/mol. The molecule has 0 aliphatic rings. The minimum atomic E-state index is -0.348. The zero-order chi connectivity index (χ0) is 25.8. The van der Waals surface area contributed by atoms with Crippen molar-refractivity contribution < 1.29 is 9.53 Å². The number of fused-ring (bicyclic) bond motifs is 1. The fourth-order valence-corrected chi connectivity index (χ4v) is 4.26. The monoisotopic (exact) mass is 496 g/mol. The van der Waals surface area contributed by atoms with E-state index < -0.39 is 0 Å². The van der Waals surface area contributed by atoms with Crippen LogP contribution in [0.5, 0.6) is 0 Å². The number of nitrogens with one attached hydrogen (secondary N) is 1. The lowest BCUT2D eigenvalue weighted by atomic mass is 10.0. The summed E-state index contributed by atoms with van der Waals surface area (Å²) in [5.41, 5.74) is 10.2. The zero-order valence-electron chi connectivity index (χ0n) is 20.8. The van der Waals surface area contributed by atoms with E-state index in [-0.39, 0.29) is 18.3 Å². The lowest BCUT2D eigenvalue weighted by Crippen LogP contribution is -2.24. The number of benzene rings is 2. The molecule has 0 aliphatic heterocycles. The minimum absolute atomic E-state index is 0.106. The number of anilines is 1. The van der Waals surface area contributed by atoms with Gasteiger partial charge in [0, 0.05) is 37.6 Å². The molecule has 3 heterocycles.